The van der Waals surface area contributed by atoms with E-state index < -0.39 is 23.4 Å². The number of rotatable bonds is 7. The van der Waals surface area contributed by atoms with Crippen LogP contribution < -0.4 is 15.4 Å². The van der Waals surface area contributed by atoms with E-state index >= 15 is 0 Å². The zero-order valence-corrected chi connectivity index (χ0v) is 15.0. The van der Waals surface area contributed by atoms with Crippen LogP contribution in [-0.2, 0) is 15.1 Å². The van der Waals surface area contributed by atoms with Crippen LogP contribution in [0, 0.1) is 0 Å². The number of urea groups is 1. The number of carbonyl (C=O) groups excluding carboxylic acids is 3. The first kappa shape index (κ1) is 18.4. The first-order valence-corrected chi connectivity index (χ1v) is 8.65. The lowest BCUT2D eigenvalue weighted by atomic mass is 9.92. The Kier molecular flexibility index (Phi) is 5.40. The summed E-state index contributed by atoms with van der Waals surface area (Å²) in [5.74, 6) is -0.165. The Hall–Kier alpha value is -3.35. The Bertz CT molecular complexity index is 826. The standard InChI is InChI=1S/C20H21N3O4/c1-20(15-8-4-2-5-9-15)18(25)23(19(26)22-20)14-17(24)21-12-13-27-16-10-6-3-7-11-16/h2-11H,12-14H2,1H3,(H,21,24)(H,22,26). The molecule has 3 rings (SSSR count). The fourth-order valence-corrected chi connectivity index (χ4v) is 2.88. The molecule has 27 heavy (non-hydrogen) atoms. The SMILES string of the molecule is CC1(c2ccccc2)NC(=O)N(CC(=O)NCCOc2ccccc2)C1=O. The molecule has 1 heterocycles. The predicted molar refractivity (Wildman–Crippen MR) is 99.0 cm³/mol. The molecule has 0 spiro atoms. The number of carbonyl (C=O) groups is 3. The Labute approximate surface area is 157 Å². The van der Waals surface area contributed by atoms with Crippen molar-refractivity contribution >= 4 is 17.8 Å². The molecule has 0 saturated carbocycles. The van der Waals surface area contributed by atoms with Gasteiger partial charge >= 0.3 is 6.03 Å². The first-order valence-electron chi connectivity index (χ1n) is 8.65. The Morgan fingerprint density at radius 1 is 1.07 bits per heavy atom. The van der Waals surface area contributed by atoms with Gasteiger partial charge in [-0.05, 0) is 24.6 Å². The molecule has 4 amide bonds. The Morgan fingerprint density at radius 3 is 2.37 bits per heavy atom. The van der Waals surface area contributed by atoms with E-state index in [2.05, 4.69) is 10.6 Å². The topological polar surface area (TPSA) is 87.7 Å². The van der Waals surface area contributed by atoms with Gasteiger partial charge in [0.1, 0.15) is 24.4 Å². The van der Waals surface area contributed by atoms with Crippen molar-refractivity contribution in [3.05, 3.63) is 66.2 Å². The summed E-state index contributed by atoms with van der Waals surface area (Å²) in [6, 6.07) is 17.6. The molecule has 1 aliphatic heterocycles. The maximum absolute atomic E-state index is 12.7. The molecule has 1 fully saturated rings. The summed E-state index contributed by atoms with van der Waals surface area (Å²) < 4.78 is 5.48. The van der Waals surface area contributed by atoms with Crippen LogP contribution >= 0.6 is 0 Å². The van der Waals surface area contributed by atoms with Gasteiger partial charge in [0, 0.05) is 0 Å². The fourth-order valence-electron chi connectivity index (χ4n) is 2.88. The van der Waals surface area contributed by atoms with Gasteiger partial charge in [0.05, 0.1) is 6.54 Å². The molecular formula is C20H21N3O4. The van der Waals surface area contributed by atoms with Crippen LogP contribution in [0.4, 0.5) is 4.79 Å². The molecule has 1 saturated heterocycles. The maximum Gasteiger partial charge on any atom is 0.325 e. The summed E-state index contributed by atoms with van der Waals surface area (Å²) in [7, 11) is 0. The van der Waals surface area contributed by atoms with Crippen LogP contribution in [0.25, 0.3) is 0 Å². The third kappa shape index (κ3) is 4.08. The van der Waals surface area contributed by atoms with Crippen molar-refractivity contribution in [2.45, 2.75) is 12.5 Å². The van der Waals surface area contributed by atoms with Crippen molar-refractivity contribution in [3.63, 3.8) is 0 Å². The van der Waals surface area contributed by atoms with Crippen LogP contribution in [-0.4, -0.2) is 42.4 Å². The molecule has 1 atom stereocenters. The van der Waals surface area contributed by atoms with E-state index in [4.69, 9.17) is 4.74 Å². The first-order chi connectivity index (χ1) is 13.0. The van der Waals surface area contributed by atoms with Crippen molar-refractivity contribution in [2.75, 3.05) is 19.7 Å². The van der Waals surface area contributed by atoms with Crippen molar-refractivity contribution in [1.29, 1.82) is 0 Å². The summed E-state index contributed by atoms with van der Waals surface area (Å²) in [4.78, 5) is 38.0. The molecule has 1 aliphatic rings. The maximum atomic E-state index is 12.7. The molecule has 7 heteroatoms. The lowest BCUT2D eigenvalue weighted by Gasteiger charge is -2.22. The number of ether oxygens (including phenoxy) is 1. The van der Waals surface area contributed by atoms with E-state index in [-0.39, 0.29) is 19.7 Å². The van der Waals surface area contributed by atoms with Gasteiger partial charge in [0.2, 0.25) is 5.91 Å². The quantitative estimate of drug-likeness (QED) is 0.575. The van der Waals surface area contributed by atoms with E-state index in [1.165, 1.54) is 0 Å². The highest BCUT2D eigenvalue weighted by Gasteiger charge is 2.49. The molecule has 140 valence electrons. The molecule has 0 aliphatic carbocycles. The van der Waals surface area contributed by atoms with Gasteiger partial charge in [-0.3, -0.25) is 14.5 Å². The van der Waals surface area contributed by atoms with Crippen LogP contribution in [0.3, 0.4) is 0 Å². The van der Waals surface area contributed by atoms with Crippen molar-refractivity contribution < 1.29 is 19.1 Å². The molecule has 0 aromatic heterocycles. The molecule has 1 unspecified atom stereocenters. The molecular weight excluding hydrogens is 346 g/mol. The largest absolute Gasteiger partial charge is 0.492 e. The van der Waals surface area contributed by atoms with Gasteiger partial charge in [0.25, 0.3) is 5.91 Å². The van der Waals surface area contributed by atoms with Crippen LogP contribution in [0.1, 0.15) is 12.5 Å². The van der Waals surface area contributed by atoms with Gasteiger partial charge in [-0.15, -0.1) is 0 Å². The zero-order valence-electron chi connectivity index (χ0n) is 15.0. The van der Waals surface area contributed by atoms with Gasteiger partial charge < -0.3 is 15.4 Å². The summed E-state index contributed by atoms with van der Waals surface area (Å²) in [6.45, 7) is 1.86. The smallest absolute Gasteiger partial charge is 0.325 e. The number of para-hydroxylation sites is 1. The van der Waals surface area contributed by atoms with Crippen LogP contribution in [0.2, 0.25) is 0 Å². The summed E-state index contributed by atoms with van der Waals surface area (Å²) in [5.41, 5.74) is -0.503. The highest BCUT2D eigenvalue weighted by atomic mass is 16.5. The Morgan fingerprint density at radius 2 is 1.70 bits per heavy atom. The van der Waals surface area contributed by atoms with E-state index in [0.29, 0.717) is 11.3 Å². The average molecular weight is 367 g/mol. The molecule has 2 N–H and O–H groups in total. The summed E-state index contributed by atoms with van der Waals surface area (Å²) >= 11 is 0. The summed E-state index contributed by atoms with van der Waals surface area (Å²) in [6.07, 6.45) is 0. The van der Waals surface area contributed by atoms with Crippen LogP contribution in [0.15, 0.2) is 60.7 Å². The second kappa shape index (κ2) is 7.90. The van der Waals surface area contributed by atoms with Gasteiger partial charge in [-0.25, -0.2) is 4.79 Å². The lowest BCUT2D eigenvalue weighted by molar-refractivity contribution is -0.134. The normalized spacial score (nSPS) is 18.9. The van der Waals surface area contributed by atoms with Gasteiger partial charge in [-0.2, -0.15) is 0 Å². The number of hydrogen-bond acceptors (Lipinski definition) is 4. The minimum atomic E-state index is -1.17. The van der Waals surface area contributed by atoms with Crippen molar-refractivity contribution in [1.82, 2.24) is 15.5 Å². The number of nitrogens with one attached hydrogen (secondary N) is 2. The zero-order chi connectivity index (χ0) is 19.3. The molecule has 0 radical (unpaired) electrons. The highest BCUT2D eigenvalue weighted by molar-refractivity contribution is 6.09. The monoisotopic (exact) mass is 367 g/mol. The van der Waals surface area contributed by atoms with Gasteiger partial charge in [-0.1, -0.05) is 48.5 Å². The number of nitrogens with zero attached hydrogens (tertiary/aromatic N) is 1. The second-order valence-corrected chi connectivity index (χ2v) is 6.32. The minimum absolute atomic E-state index is 0.271. The number of imide groups is 1. The number of benzene rings is 2. The van der Waals surface area contributed by atoms with E-state index in [1.54, 1.807) is 31.2 Å². The third-order valence-corrected chi connectivity index (χ3v) is 4.36. The second-order valence-electron chi connectivity index (χ2n) is 6.32. The van der Waals surface area contributed by atoms with Crippen molar-refractivity contribution in [3.8, 4) is 5.75 Å². The number of amides is 4. The summed E-state index contributed by atoms with van der Waals surface area (Å²) in [5, 5.41) is 5.32. The van der Waals surface area contributed by atoms with E-state index in [1.807, 2.05) is 36.4 Å². The highest BCUT2D eigenvalue weighted by Crippen LogP contribution is 2.28. The Balaban J connectivity index is 1.52. The predicted octanol–water partition coefficient (Wildman–Crippen LogP) is 1.65. The minimum Gasteiger partial charge on any atom is -0.492 e. The van der Waals surface area contributed by atoms with E-state index in [0.717, 1.165) is 4.90 Å². The van der Waals surface area contributed by atoms with Gasteiger partial charge in [0.15, 0.2) is 0 Å². The molecule has 0 bridgehead atoms. The van der Waals surface area contributed by atoms with Crippen LogP contribution in [0.5, 0.6) is 5.75 Å². The average Bonchev–Trinajstić information content (AvgIpc) is 2.91. The van der Waals surface area contributed by atoms with Crippen molar-refractivity contribution in [2.24, 2.45) is 0 Å². The molecule has 2 aromatic carbocycles. The fraction of sp³-hybridized carbons (Fsp3) is 0.250. The molecule has 2 aromatic rings. The third-order valence-electron chi connectivity index (χ3n) is 4.36. The van der Waals surface area contributed by atoms with E-state index in [9.17, 15) is 14.4 Å². The number of hydrogen-bond donors (Lipinski definition) is 2. The lowest BCUT2D eigenvalue weighted by Crippen LogP contribution is -2.43. The molecule has 7 nitrogen and oxygen atoms in total.